The van der Waals surface area contributed by atoms with Crippen LogP contribution >= 0.6 is 0 Å². The van der Waals surface area contributed by atoms with Crippen LogP contribution in [0, 0.1) is 5.82 Å². The summed E-state index contributed by atoms with van der Waals surface area (Å²) in [5.74, 6) is -0.174. The average Bonchev–Trinajstić information content (AvgIpc) is 3.20. The Hall–Kier alpha value is -2.86. The Morgan fingerprint density at radius 3 is 2.48 bits per heavy atom. The molecule has 0 aliphatic carbocycles. The molecular weight excluding hydrogens is 391 g/mol. The minimum Gasteiger partial charge on any atom is -0.344 e. The Kier molecular flexibility index (Phi) is 6.56. The van der Waals surface area contributed by atoms with Crippen molar-refractivity contribution < 1.29 is 9.18 Å². The highest BCUT2D eigenvalue weighted by Crippen LogP contribution is 2.28. The van der Waals surface area contributed by atoms with Gasteiger partial charge < -0.3 is 19.7 Å². The topological polar surface area (TPSA) is 40.5 Å². The lowest BCUT2D eigenvalue weighted by atomic mass is 10.0. The number of nitrogens with one attached hydrogen (secondary N) is 1. The second-order valence-corrected chi connectivity index (χ2v) is 8.62. The van der Waals surface area contributed by atoms with E-state index in [1.54, 1.807) is 31.1 Å². The normalized spacial score (nSPS) is 15.3. The third-order valence-corrected chi connectivity index (χ3v) is 6.22. The van der Waals surface area contributed by atoms with Crippen LogP contribution in [-0.4, -0.2) is 54.1 Å². The summed E-state index contributed by atoms with van der Waals surface area (Å²) >= 11 is 0. The number of aromatic nitrogens is 1. The number of fused-ring (bicyclic) bond motifs is 1. The number of likely N-dealkylation sites (tertiary alicyclic amines) is 1. The highest BCUT2D eigenvalue weighted by atomic mass is 19.1. The number of piperidine rings is 1. The lowest BCUT2D eigenvalue weighted by Gasteiger charge is -2.33. The number of halogens is 1. The minimum absolute atomic E-state index is 0.0801. The lowest BCUT2D eigenvalue weighted by molar-refractivity contribution is 0.190. The first kappa shape index (κ1) is 21.4. The van der Waals surface area contributed by atoms with Gasteiger partial charge in [0.15, 0.2) is 0 Å². The molecule has 2 amide bonds. The van der Waals surface area contributed by atoms with Gasteiger partial charge in [0.2, 0.25) is 0 Å². The Bertz CT molecular complexity index is 1020. The zero-order valence-corrected chi connectivity index (χ0v) is 18.4. The zero-order chi connectivity index (χ0) is 21.8. The number of carbonyl (C=O) groups excluding carboxylic acids is 1. The predicted octanol–water partition coefficient (Wildman–Crippen LogP) is 4.43. The number of urea groups is 1. The molecule has 31 heavy (non-hydrogen) atoms. The Balaban J connectivity index is 1.35. The van der Waals surface area contributed by atoms with Gasteiger partial charge in [-0.1, -0.05) is 24.3 Å². The standard InChI is InChI=1S/C25H31FN4O/c1-28(2)25(31)27-18-20-3-6-21-10-16-30(24(21)17-20)23-11-14-29(15-12-23)13-9-19-4-7-22(26)8-5-19/h3-8,10,16-17,23H,9,11-15,18H2,1-2H3,(H,27,31). The van der Waals surface area contributed by atoms with Crippen LogP contribution in [0.25, 0.3) is 10.9 Å². The van der Waals surface area contributed by atoms with Crippen molar-refractivity contribution in [3.8, 4) is 0 Å². The van der Waals surface area contributed by atoms with Crippen molar-refractivity contribution in [3.63, 3.8) is 0 Å². The fourth-order valence-corrected chi connectivity index (χ4v) is 4.32. The summed E-state index contributed by atoms with van der Waals surface area (Å²) in [6.07, 6.45) is 5.40. The van der Waals surface area contributed by atoms with Crippen molar-refractivity contribution in [2.24, 2.45) is 0 Å². The maximum Gasteiger partial charge on any atom is 0.317 e. The Labute approximate surface area is 183 Å². The van der Waals surface area contributed by atoms with Crippen LogP contribution in [0.4, 0.5) is 9.18 Å². The maximum atomic E-state index is 13.1. The average molecular weight is 423 g/mol. The molecule has 0 bridgehead atoms. The molecule has 0 saturated carbocycles. The SMILES string of the molecule is CN(C)C(=O)NCc1ccc2ccn(C3CCN(CCc4ccc(F)cc4)CC3)c2c1. The number of benzene rings is 2. The molecule has 1 saturated heterocycles. The summed E-state index contributed by atoms with van der Waals surface area (Å²) in [7, 11) is 3.49. The van der Waals surface area contributed by atoms with Crippen LogP contribution in [0.1, 0.15) is 30.0 Å². The number of hydrogen-bond donors (Lipinski definition) is 1. The summed E-state index contributed by atoms with van der Waals surface area (Å²) in [5, 5.41) is 4.18. The molecule has 2 heterocycles. The van der Waals surface area contributed by atoms with Crippen molar-refractivity contribution >= 4 is 16.9 Å². The minimum atomic E-state index is -0.174. The van der Waals surface area contributed by atoms with E-state index >= 15 is 0 Å². The molecule has 0 radical (unpaired) electrons. The monoisotopic (exact) mass is 422 g/mol. The fraction of sp³-hybridized carbons (Fsp3) is 0.400. The van der Waals surface area contributed by atoms with Gasteiger partial charge in [0, 0.05) is 58.0 Å². The number of amides is 2. The molecule has 164 valence electrons. The smallest absolute Gasteiger partial charge is 0.317 e. The number of carbonyl (C=O) groups is 1. The molecule has 1 N–H and O–H groups in total. The first-order chi connectivity index (χ1) is 15.0. The third kappa shape index (κ3) is 5.25. The molecule has 1 fully saturated rings. The van der Waals surface area contributed by atoms with Crippen molar-refractivity contribution in [1.82, 2.24) is 19.7 Å². The second kappa shape index (κ2) is 9.52. The van der Waals surface area contributed by atoms with Gasteiger partial charge in [-0.2, -0.15) is 0 Å². The van der Waals surface area contributed by atoms with Crippen LogP contribution < -0.4 is 5.32 Å². The molecule has 0 unspecified atom stereocenters. The van der Waals surface area contributed by atoms with E-state index in [1.165, 1.54) is 16.5 Å². The van der Waals surface area contributed by atoms with E-state index in [-0.39, 0.29) is 11.8 Å². The quantitative estimate of drug-likeness (QED) is 0.638. The van der Waals surface area contributed by atoms with Crippen LogP contribution in [-0.2, 0) is 13.0 Å². The van der Waals surface area contributed by atoms with Crippen molar-refractivity contribution in [2.75, 3.05) is 33.7 Å². The van der Waals surface area contributed by atoms with Crippen molar-refractivity contribution in [1.29, 1.82) is 0 Å². The van der Waals surface area contributed by atoms with E-state index in [0.717, 1.165) is 44.5 Å². The number of rotatable bonds is 6. The molecule has 1 aliphatic heterocycles. The van der Waals surface area contributed by atoms with Crippen LogP contribution in [0.15, 0.2) is 54.7 Å². The van der Waals surface area contributed by atoms with Crippen molar-refractivity contribution in [2.45, 2.75) is 31.8 Å². The van der Waals surface area contributed by atoms with Crippen molar-refractivity contribution in [3.05, 3.63) is 71.7 Å². The van der Waals surface area contributed by atoms with Gasteiger partial charge in [0.05, 0.1) is 0 Å². The summed E-state index contributed by atoms with van der Waals surface area (Å²) in [4.78, 5) is 15.9. The number of hydrogen-bond acceptors (Lipinski definition) is 2. The van der Waals surface area contributed by atoms with E-state index in [1.807, 2.05) is 12.1 Å². The first-order valence-electron chi connectivity index (χ1n) is 11.0. The van der Waals surface area contributed by atoms with E-state index in [0.29, 0.717) is 12.6 Å². The Morgan fingerprint density at radius 2 is 1.77 bits per heavy atom. The van der Waals surface area contributed by atoms with E-state index in [4.69, 9.17) is 0 Å². The van der Waals surface area contributed by atoms with Gasteiger partial charge >= 0.3 is 6.03 Å². The second-order valence-electron chi connectivity index (χ2n) is 8.62. The van der Waals surface area contributed by atoms with Gasteiger partial charge in [-0.3, -0.25) is 0 Å². The molecule has 1 aromatic heterocycles. The van der Waals surface area contributed by atoms with Crippen LogP contribution in [0.5, 0.6) is 0 Å². The van der Waals surface area contributed by atoms with Gasteiger partial charge in [0.25, 0.3) is 0 Å². The van der Waals surface area contributed by atoms with E-state index < -0.39 is 0 Å². The van der Waals surface area contributed by atoms with Gasteiger partial charge in [0.1, 0.15) is 5.82 Å². The largest absolute Gasteiger partial charge is 0.344 e. The van der Waals surface area contributed by atoms with Gasteiger partial charge in [-0.05, 0) is 60.0 Å². The lowest BCUT2D eigenvalue weighted by Crippen LogP contribution is -2.35. The summed E-state index contributed by atoms with van der Waals surface area (Å²) in [5.41, 5.74) is 3.54. The third-order valence-electron chi connectivity index (χ3n) is 6.22. The molecule has 6 heteroatoms. The molecule has 4 rings (SSSR count). The molecule has 1 aliphatic rings. The molecular formula is C25H31FN4O. The summed E-state index contributed by atoms with van der Waals surface area (Å²) < 4.78 is 15.5. The molecule has 0 atom stereocenters. The van der Waals surface area contributed by atoms with Gasteiger partial charge in [-0.25, -0.2) is 9.18 Å². The molecule has 3 aromatic rings. The zero-order valence-electron chi connectivity index (χ0n) is 18.4. The maximum absolute atomic E-state index is 13.1. The fourth-order valence-electron chi connectivity index (χ4n) is 4.32. The first-order valence-corrected chi connectivity index (χ1v) is 11.0. The molecule has 0 spiro atoms. The van der Waals surface area contributed by atoms with E-state index in [9.17, 15) is 9.18 Å². The molecule has 5 nitrogen and oxygen atoms in total. The highest BCUT2D eigenvalue weighted by molar-refractivity contribution is 5.81. The Morgan fingerprint density at radius 1 is 1.06 bits per heavy atom. The van der Waals surface area contributed by atoms with E-state index in [2.05, 4.69) is 45.2 Å². The van der Waals surface area contributed by atoms with Crippen LogP contribution in [0.3, 0.4) is 0 Å². The predicted molar refractivity (Wildman–Crippen MR) is 123 cm³/mol. The highest BCUT2D eigenvalue weighted by Gasteiger charge is 2.21. The van der Waals surface area contributed by atoms with Gasteiger partial charge in [-0.15, -0.1) is 0 Å². The number of nitrogens with zero attached hydrogens (tertiary/aromatic N) is 3. The van der Waals surface area contributed by atoms with Crippen LogP contribution in [0.2, 0.25) is 0 Å². The summed E-state index contributed by atoms with van der Waals surface area (Å²) in [6, 6.07) is 15.9. The summed E-state index contributed by atoms with van der Waals surface area (Å²) in [6.45, 7) is 3.69. The molecule has 2 aromatic carbocycles.